The molecule has 1 aliphatic heterocycles. The van der Waals surface area contributed by atoms with Crippen molar-refractivity contribution in [1.82, 2.24) is 0 Å². The van der Waals surface area contributed by atoms with Gasteiger partial charge in [0.25, 0.3) is 0 Å². The fourth-order valence-corrected chi connectivity index (χ4v) is 4.52. The number of benzene rings is 2. The highest BCUT2D eigenvalue weighted by molar-refractivity contribution is 6.03. The van der Waals surface area contributed by atoms with Crippen LogP contribution in [0.5, 0.6) is 0 Å². The Balaban J connectivity index is 1.56. The van der Waals surface area contributed by atoms with Crippen molar-refractivity contribution in [3.63, 3.8) is 0 Å². The van der Waals surface area contributed by atoms with Crippen LogP contribution in [0.25, 0.3) is 6.08 Å². The molecule has 1 heterocycles. The zero-order chi connectivity index (χ0) is 22.7. The second-order valence-electron chi connectivity index (χ2n) is 8.70. The van der Waals surface area contributed by atoms with Gasteiger partial charge in [-0.1, -0.05) is 49.4 Å². The molecule has 3 heteroatoms. The van der Waals surface area contributed by atoms with Crippen molar-refractivity contribution in [1.29, 1.82) is 0 Å². The summed E-state index contributed by atoms with van der Waals surface area (Å²) in [6.07, 6.45) is 11.0. The molecule has 0 fully saturated rings. The van der Waals surface area contributed by atoms with Gasteiger partial charge in [0.2, 0.25) is 0 Å². The maximum absolute atomic E-state index is 14.1. The van der Waals surface area contributed by atoms with Gasteiger partial charge in [-0.3, -0.25) is 9.98 Å². The van der Waals surface area contributed by atoms with Gasteiger partial charge in [0.15, 0.2) is 0 Å². The quantitative estimate of drug-likeness (QED) is 0.412. The van der Waals surface area contributed by atoms with E-state index in [9.17, 15) is 4.39 Å². The molecule has 0 bridgehead atoms. The van der Waals surface area contributed by atoms with Crippen LogP contribution in [-0.4, -0.2) is 11.4 Å². The Hall–Kier alpha value is -3.07. The zero-order valence-electron chi connectivity index (χ0n) is 19.5. The second kappa shape index (κ2) is 9.60. The monoisotopic (exact) mass is 426 g/mol. The smallest absolute Gasteiger partial charge is 0.132 e. The van der Waals surface area contributed by atoms with Crippen LogP contribution in [-0.2, 0) is 19.3 Å². The van der Waals surface area contributed by atoms with E-state index in [1.165, 1.54) is 33.9 Å². The Bertz CT molecular complexity index is 1190. The Labute approximate surface area is 191 Å². The number of fused-ring (bicyclic) bond motifs is 1. The third-order valence-corrected chi connectivity index (χ3v) is 6.11. The molecule has 0 aromatic heterocycles. The molecule has 0 saturated carbocycles. The van der Waals surface area contributed by atoms with E-state index < -0.39 is 0 Å². The first-order valence-corrected chi connectivity index (χ1v) is 11.5. The molecule has 0 radical (unpaired) electrons. The topological polar surface area (TPSA) is 24.7 Å². The molecular weight excluding hydrogens is 395 g/mol. The molecule has 0 spiro atoms. The van der Waals surface area contributed by atoms with Gasteiger partial charge in [-0.05, 0) is 80.0 Å². The van der Waals surface area contributed by atoms with E-state index in [0.29, 0.717) is 12.0 Å². The molecule has 2 aromatic carbocycles. The van der Waals surface area contributed by atoms with Crippen molar-refractivity contribution in [3.05, 3.63) is 99.2 Å². The summed E-state index contributed by atoms with van der Waals surface area (Å²) >= 11 is 0. The molecule has 0 amide bonds. The van der Waals surface area contributed by atoms with Crippen molar-refractivity contribution in [2.45, 2.75) is 59.8 Å². The van der Waals surface area contributed by atoms with Gasteiger partial charge in [-0.25, -0.2) is 4.39 Å². The average molecular weight is 427 g/mol. The molecule has 4 rings (SSSR count). The maximum Gasteiger partial charge on any atom is 0.132 e. The van der Waals surface area contributed by atoms with Crippen LogP contribution < -0.4 is 0 Å². The third kappa shape index (κ3) is 4.72. The van der Waals surface area contributed by atoms with Gasteiger partial charge in [0.1, 0.15) is 5.82 Å². The van der Waals surface area contributed by atoms with Crippen LogP contribution in [0, 0.1) is 5.82 Å². The van der Waals surface area contributed by atoms with E-state index in [1.54, 1.807) is 6.07 Å². The lowest BCUT2D eigenvalue weighted by Crippen LogP contribution is -2.00. The lowest BCUT2D eigenvalue weighted by Gasteiger charge is -2.11. The minimum atomic E-state index is -0.197. The number of hydrogen-bond acceptors (Lipinski definition) is 2. The Morgan fingerprint density at radius 1 is 1.16 bits per heavy atom. The van der Waals surface area contributed by atoms with E-state index in [-0.39, 0.29) is 5.82 Å². The molecule has 0 saturated heterocycles. The van der Waals surface area contributed by atoms with Crippen molar-refractivity contribution in [3.8, 4) is 0 Å². The van der Waals surface area contributed by atoms with Gasteiger partial charge in [-0.15, -0.1) is 0 Å². The largest absolute Gasteiger partial charge is 0.258 e. The summed E-state index contributed by atoms with van der Waals surface area (Å²) in [4.78, 5) is 9.49. The average Bonchev–Trinajstić information content (AvgIpc) is 3.43. The normalized spacial score (nSPS) is 15.3. The minimum Gasteiger partial charge on any atom is -0.258 e. The molecule has 1 aliphatic carbocycles. The highest BCUT2D eigenvalue weighted by atomic mass is 19.1. The van der Waals surface area contributed by atoms with Crippen molar-refractivity contribution >= 4 is 17.5 Å². The summed E-state index contributed by atoms with van der Waals surface area (Å²) in [7, 11) is 0. The number of rotatable bonds is 7. The number of halogens is 1. The maximum atomic E-state index is 14.1. The summed E-state index contributed by atoms with van der Waals surface area (Å²) in [5.41, 5.74) is 11.4. The minimum absolute atomic E-state index is 0.197. The van der Waals surface area contributed by atoms with Gasteiger partial charge < -0.3 is 0 Å². The predicted molar refractivity (Wildman–Crippen MR) is 134 cm³/mol. The molecule has 32 heavy (non-hydrogen) atoms. The lowest BCUT2D eigenvalue weighted by molar-refractivity contribution is 0.625. The van der Waals surface area contributed by atoms with Gasteiger partial charge in [-0.2, -0.15) is 0 Å². The summed E-state index contributed by atoms with van der Waals surface area (Å²) in [6.45, 7) is 8.35. The molecule has 2 aliphatic rings. The molecule has 0 N–H and O–H groups in total. The van der Waals surface area contributed by atoms with Crippen LogP contribution in [0.1, 0.15) is 68.4 Å². The first-order valence-electron chi connectivity index (χ1n) is 11.5. The molecule has 164 valence electrons. The van der Waals surface area contributed by atoms with Gasteiger partial charge >= 0.3 is 0 Å². The summed E-state index contributed by atoms with van der Waals surface area (Å²) in [5, 5.41) is 0. The van der Waals surface area contributed by atoms with Crippen LogP contribution >= 0.6 is 0 Å². The lowest BCUT2D eigenvalue weighted by atomic mass is 9.95. The molecule has 2 aromatic rings. The fourth-order valence-electron chi connectivity index (χ4n) is 4.52. The second-order valence-corrected chi connectivity index (χ2v) is 8.70. The number of allylic oxidation sites excluding steroid dienone is 4. The molecular formula is C29H31FN2. The van der Waals surface area contributed by atoms with Crippen molar-refractivity contribution < 1.29 is 4.39 Å². The predicted octanol–water partition coefficient (Wildman–Crippen LogP) is 7.42. The van der Waals surface area contributed by atoms with Crippen LogP contribution in [0.2, 0.25) is 0 Å². The van der Waals surface area contributed by atoms with E-state index >= 15 is 0 Å². The zero-order valence-corrected chi connectivity index (χ0v) is 19.5. The summed E-state index contributed by atoms with van der Waals surface area (Å²) < 4.78 is 14.1. The Morgan fingerprint density at radius 2 is 1.97 bits per heavy atom. The molecule has 0 atom stereocenters. The third-order valence-electron chi connectivity index (χ3n) is 6.11. The number of nitrogens with zero attached hydrogens (tertiary/aromatic N) is 2. The standard InChI is InChI=1S/C29H31FN2/c1-5-20-15-21(26-18-23(17-22(26)16-20)28(6-2)31-19(3)4)11-12-24-13-14-29(32-24)25-9-7-8-10-27(25)30/h6-10,13,15-16,18H,5,11-12,14,17H2,1-4H3/b28-6-. The van der Waals surface area contributed by atoms with E-state index in [2.05, 4.69) is 44.2 Å². The number of hydrogen-bond donors (Lipinski definition) is 0. The van der Waals surface area contributed by atoms with Crippen LogP contribution in [0.3, 0.4) is 0 Å². The highest BCUT2D eigenvalue weighted by Crippen LogP contribution is 2.35. The van der Waals surface area contributed by atoms with Crippen molar-refractivity contribution in [2.75, 3.05) is 0 Å². The van der Waals surface area contributed by atoms with Gasteiger partial charge in [0, 0.05) is 29.8 Å². The number of aliphatic imine (C=N–C) groups is 2. The Morgan fingerprint density at radius 3 is 2.69 bits per heavy atom. The molecule has 2 nitrogen and oxygen atoms in total. The van der Waals surface area contributed by atoms with E-state index in [0.717, 1.165) is 48.5 Å². The fraction of sp³-hybridized carbons (Fsp3) is 0.310. The highest BCUT2D eigenvalue weighted by Gasteiger charge is 2.20. The van der Waals surface area contributed by atoms with Crippen molar-refractivity contribution in [2.24, 2.45) is 9.98 Å². The SMILES string of the molecule is C/C=C(\N=C(C)C)C1=Cc2c(CCC3=CCC(c4ccccc4F)=N3)cc(CC)cc2C1. The van der Waals surface area contributed by atoms with E-state index in [4.69, 9.17) is 9.98 Å². The first-order chi connectivity index (χ1) is 15.5. The van der Waals surface area contributed by atoms with Crippen LogP contribution in [0.4, 0.5) is 4.39 Å². The first kappa shape index (κ1) is 22.1. The number of aryl methyl sites for hydroxylation is 2. The van der Waals surface area contributed by atoms with Gasteiger partial charge in [0.05, 0.1) is 11.4 Å². The van der Waals surface area contributed by atoms with E-state index in [1.807, 2.05) is 26.0 Å². The molecule has 0 unspecified atom stereocenters. The summed E-state index contributed by atoms with van der Waals surface area (Å²) in [6, 6.07) is 11.6. The Kier molecular flexibility index (Phi) is 6.64. The summed E-state index contributed by atoms with van der Waals surface area (Å²) in [5.74, 6) is -0.197. The van der Waals surface area contributed by atoms with Crippen LogP contribution in [0.15, 0.2) is 75.5 Å².